The maximum atomic E-state index is 12.6. The zero-order valence-corrected chi connectivity index (χ0v) is 16.8. The quantitative estimate of drug-likeness (QED) is 0.305. The summed E-state index contributed by atoms with van der Waals surface area (Å²) in [6.45, 7) is 0. The van der Waals surface area contributed by atoms with Gasteiger partial charge in [0.15, 0.2) is 0 Å². The predicted octanol–water partition coefficient (Wildman–Crippen LogP) is 4.72. The second kappa shape index (κ2) is 8.19. The number of aromatic nitrogens is 4. The number of aromatic hydroxyl groups is 1. The van der Waals surface area contributed by atoms with Crippen LogP contribution in [0.3, 0.4) is 0 Å². The van der Waals surface area contributed by atoms with Crippen molar-refractivity contribution in [2.75, 3.05) is 10.6 Å². The van der Waals surface area contributed by atoms with Gasteiger partial charge in [0.2, 0.25) is 5.95 Å². The lowest BCUT2D eigenvalue weighted by molar-refractivity contribution is 0.102. The maximum Gasteiger partial charge on any atom is 0.272 e. The number of phenolic OH excluding ortho intramolecular Hbond substituents is 1. The van der Waals surface area contributed by atoms with E-state index in [2.05, 4.69) is 30.6 Å². The summed E-state index contributed by atoms with van der Waals surface area (Å²) in [7, 11) is 0. The molecule has 32 heavy (non-hydrogen) atoms. The van der Waals surface area contributed by atoms with E-state index < -0.39 is 0 Å². The highest BCUT2D eigenvalue weighted by Gasteiger charge is 2.11. The lowest BCUT2D eigenvalue weighted by Gasteiger charge is -2.06. The minimum atomic E-state index is -0.270. The largest absolute Gasteiger partial charge is 0.508 e. The molecule has 3 aromatic heterocycles. The molecule has 0 saturated carbocycles. The fourth-order valence-corrected chi connectivity index (χ4v) is 3.30. The molecule has 4 N–H and O–H groups in total. The van der Waals surface area contributed by atoms with Gasteiger partial charge in [0, 0.05) is 46.4 Å². The van der Waals surface area contributed by atoms with Crippen molar-refractivity contribution in [1.29, 1.82) is 0 Å². The SMILES string of the molecule is O=C(Nc1ccc(O)cc1)c1cc2cc(Nc3nccc(-c4cccnc4)n3)ccc2[nH]1. The van der Waals surface area contributed by atoms with Crippen LogP contribution in [0.25, 0.3) is 22.2 Å². The van der Waals surface area contributed by atoms with Gasteiger partial charge in [-0.2, -0.15) is 0 Å². The summed E-state index contributed by atoms with van der Waals surface area (Å²) in [5.41, 5.74) is 4.33. The average molecular weight is 422 g/mol. The first-order valence-corrected chi connectivity index (χ1v) is 9.88. The number of pyridine rings is 1. The van der Waals surface area contributed by atoms with Crippen molar-refractivity contribution in [3.05, 3.63) is 91.0 Å². The van der Waals surface area contributed by atoms with E-state index in [0.717, 1.165) is 27.8 Å². The Morgan fingerprint density at radius 2 is 1.78 bits per heavy atom. The maximum absolute atomic E-state index is 12.6. The average Bonchev–Trinajstić information content (AvgIpc) is 3.25. The van der Waals surface area contributed by atoms with Crippen LogP contribution >= 0.6 is 0 Å². The molecule has 0 aliphatic carbocycles. The number of fused-ring (bicyclic) bond motifs is 1. The molecule has 5 aromatic rings. The molecule has 3 heterocycles. The molecule has 0 spiro atoms. The number of hydrogen-bond donors (Lipinski definition) is 4. The first-order valence-electron chi connectivity index (χ1n) is 9.88. The van der Waals surface area contributed by atoms with Crippen molar-refractivity contribution in [2.45, 2.75) is 0 Å². The lowest BCUT2D eigenvalue weighted by Crippen LogP contribution is -2.11. The van der Waals surface area contributed by atoms with E-state index in [0.29, 0.717) is 17.3 Å². The van der Waals surface area contributed by atoms with Gasteiger partial charge in [0.25, 0.3) is 5.91 Å². The van der Waals surface area contributed by atoms with Crippen molar-refractivity contribution in [1.82, 2.24) is 19.9 Å². The Kier molecular flexibility index (Phi) is 4.93. The first-order chi connectivity index (χ1) is 15.6. The summed E-state index contributed by atoms with van der Waals surface area (Å²) in [4.78, 5) is 28.7. The number of benzene rings is 2. The molecule has 1 amide bonds. The Hall–Kier alpha value is -4.72. The molecule has 156 valence electrons. The summed E-state index contributed by atoms with van der Waals surface area (Å²) < 4.78 is 0. The van der Waals surface area contributed by atoms with Crippen molar-refractivity contribution >= 4 is 34.1 Å². The smallest absolute Gasteiger partial charge is 0.272 e. The van der Waals surface area contributed by atoms with E-state index in [1.165, 1.54) is 12.1 Å². The molecule has 0 aliphatic heterocycles. The molecule has 0 atom stereocenters. The van der Waals surface area contributed by atoms with E-state index in [1.807, 2.05) is 36.4 Å². The van der Waals surface area contributed by atoms with Crippen LogP contribution in [-0.2, 0) is 0 Å². The molecule has 0 radical (unpaired) electrons. The third-order valence-electron chi connectivity index (χ3n) is 4.86. The third-order valence-corrected chi connectivity index (χ3v) is 4.86. The summed E-state index contributed by atoms with van der Waals surface area (Å²) >= 11 is 0. The summed E-state index contributed by atoms with van der Waals surface area (Å²) in [5.74, 6) is 0.337. The number of rotatable bonds is 5. The van der Waals surface area contributed by atoms with Gasteiger partial charge in [-0.3, -0.25) is 9.78 Å². The van der Waals surface area contributed by atoms with E-state index in [4.69, 9.17) is 0 Å². The number of hydrogen-bond acceptors (Lipinski definition) is 6. The van der Waals surface area contributed by atoms with Gasteiger partial charge in [-0.1, -0.05) is 0 Å². The van der Waals surface area contributed by atoms with Crippen LogP contribution in [0, 0.1) is 0 Å². The van der Waals surface area contributed by atoms with E-state index in [1.54, 1.807) is 36.8 Å². The normalized spacial score (nSPS) is 10.8. The number of nitrogens with one attached hydrogen (secondary N) is 3. The number of carbonyl (C=O) groups is 1. The van der Waals surface area contributed by atoms with E-state index >= 15 is 0 Å². The fraction of sp³-hybridized carbons (Fsp3) is 0. The number of phenols is 1. The van der Waals surface area contributed by atoms with E-state index in [-0.39, 0.29) is 11.7 Å². The third kappa shape index (κ3) is 4.10. The predicted molar refractivity (Wildman–Crippen MR) is 123 cm³/mol. The van der Waals surface area contributed by atoms with Crippen LogP contribution in [0.1, 0.15) is 10.5 Å². The van der Waals surface area contributed by atoms with Crippen LogP contribution < -0.4 is 10.6 Å². The molecular formula is C24H18N6O2. The minimum absolute atomic E-state index is 0.142. The minimum Gasteiger partial charge on any atom is -0.508 e. The number of anilines is 3. The van der Waals surface area contributed by atoms with Gasteiger partial charge in [-0.05, 0) is 66.7 Å². The Morgan fingerprint density at radius 1 is 0.938 bits per heavy atom. The zero-order valence-electron chi connectivity index (χ0n) is 16.8. The summed E-state index contributed by atoms with van der Waals surface area (Å²) in [5, 5.41) is 16.3. The van der Waals surface area contributed by atoms with Crippen LogP contribution in [0.2, 0.25) is 0 Å². The van der Waals surface area contributed by atoms with Crippen LogP contribution in [0.5, 0.6) is 5.75 Å². The van der Waals surface area contributed by atoms with Crippen LogP contribution in [0.4, 0.5) is 17.3 Å². The summed E-state index contributed by atoms with van der Waals surface area (Å²) in [6, 6.07) is 19.4. The second-order valence-electron chi connectivity index (χ2n) is 7.12. The summed E-state index contributed by atoms with van der Waals surface area (Å²) in [6.07, 6.45) is 5.16. The lowest BCUT2D eigenvalue weighted by atomic mass is 10.2. The molecule has 5 rings (SSSR count). The number of nitrogens with zero attached hydrogens (tertiary/aromatic N) is 3. The molecule has 8 heteroatoms. The Labute approximate surface area is 183 Å². The molecular weight excluding hydrogens is 404 g/mol. The highest BCUT2D eigenvalue weighted by atomic mass is 16.3. The van der Waals surface area contributed by atoms with Crippen LogP contribution in [-0.4, -0.2) is 30.9 Å². The fourth-order valence-electron chi connectivity index (χ4n) is 3.30. The van der Waals surface area contributed by atoms with Crippen molar-refractivity contribution in [3.63, 3.8) is 0 Å². The van der Waals surface area contributed by atoms with Gasteiger partial charge in [0.1, 0.15) is 11.4 Å². The van der Waals surface area contributed by atoms with Gasteiger partial charge in [-0.25, -0.2) is 9.97 Å². The molecule has 8 nitrogen and oxygen atoms in total. The molecule has 0 saturated heterocycles. The highest BCUT2D eigenvalue weighted by molar-refractivity contribution is 6.06. The number of carbonyl (C=O) groups excluding carboxylic acids is 1. The molecule has 2 aromatic carbocycles. The Morgan fingerprint density at radius 3 is 2.59 bits per heavy atom. The highest BCUT2D eigenvalue weighted by Crippen LogP contribution is 2.24. The van der Waals surface area contributed by atoms with Gasteiger partial charge >= 0.3 is 0 Å². The van der Waals surface area contributed by atoms with Gasteiger partial charge in [0.05, 0.1) is 5.69 Å². The molecule has 0 aliphatic rings. The Balaban J connectivity index is 1.35. The number of amides is 1. The van der Waals surface area contributed by atoms with Crippen LogP contribution in [0.15, 0.2) is 85.3 Å². The molecule has 0 bridgehead atoms. The molecule has 0 fully saturated rings. The van der Waals surface area contributed by atoms with Gasteiger partial charge in [-0.15, -0.1) is 0 Å². The van der Waals surface area contributed by atoms with Crippen molar-refractivity contribution in [2.24, 2.45) is 0 Å². The zero-order chi connectivity index (χ0) is 21.9. The number of H-pyrrole nitrogens is 1. The molecule has 0 unspecified atom stereocenters. The Bertz CT molecular complexity index is 1400. The van der Waals surface area contributed by atoms with Crippen molar-refractivity contribution < 1.29 is 9.90 Å². The van der Waals surface area contributed by atoms with Gasteiger partial charge < -0.3 is 20.7 Å². The monoisotopic (exact) mass is 422 g/mol. The van der Waals surface area contributed by atoms with Crippen molar-refractivity contribution in [3.8, 4) is 17.0 Å². The first kappa shape index (κ1) is 19.3. The number of aromatic amines is 1. The second-order valence-corrected chi connectivity index (χ2v) is 7.12. The topological polar surface area (TPSA) is 116 Å². The standard InChI is InChI=1S/C24H18N6O2/c31-19-6-3-17(4-7-19)27-23(32)22-13-16-12-18(5-8-20(16)29-22)28-24-26-11-9-21(30-24)15-2-1-10-25-14-15/h1-14,29,31H,(H,27,32)(H,26,28,30). The van der Waals surface area contributed by atoms with E-state index in [9.17, 15) is 9.90 Å².